The second-order valence-electron chi connectivity index (χ2n) is 5.80. The first-order chi connectivity index (χ1) is 11.9. The summed E-state index contributed by atoms with van der Waals surface area (Å²) in [5.41, 5.74) is 1.03. The Morgan fingerprint density at radius 3 is 2.96 bits per heavy atom. The van der Waals surface area contributed by atoms with Crippen LogP contribution in [0.2, 0.25) is 5.02 Å². The number of benzene rings is 1. The Balaban J connectivity index is 1.69. The molecule has 0 radical (unpaired) electrons. The number of nitrogens with one attached hydrogen (secondary N) is 2. The van der Waals surface area contributed by atoms with Crippen LogP contribution in [-0.4, -0.2) is 62.6 Å². The number of anilines is 1. The number of thioether (sulfide) groups is 1. The van der Waals surface area contributed by atoms with Gasteiger partial charge in [0.25, 0.3) is 5.91 Å². The summed E-state index contributed by atoms with van der Waals surface area (Å²) in [6.07, 6.45) is 0. The summed E-state index contributed by atoms with van der Waals surface area (Å²) in [5.74, 6) is 0.0128. The fourth-order valence-electron chi connectivity index (χ4n) is 2.66. The number of hydrogen-bond donors (Lipinski definition) is 2. The van der Waals surface area contributed by atoms with Crippen molar-refractivity contribution in [2.75, 3.05) is 37.1 Å². The lowest BCUT2D eigenvalue weighted by atomic mass is 10.2. The second-order valence-corrected chi connectivity index (χ2v) is 9.59. The summed E-state index contributed by atoms with van der Waals surface area (Å²) in [4.78, 5) is 16.5. The number of sulfone groups is 1. The van der Waals surface area contributed by atoms with Crippen LogP contribution in [0.1, 0.15) is 10.4 Å². The van der Waals surface area contributed by atoms with E-state index in [2.05, 4.69) is 15.6 Å². The highest BCUT2D eigenvalue weighted by Gasteiger charge is 2.42. The van der Waals surface area contributed by atoms with Gasteiger partial charge in [-0.2, -0.15) is 0 Å². The molecule has 1 aromatic carbocycles. The molecule has 25 heavy (non-hydrogen) atoms. The predicted molar refractivity (Wildman–Crippen MR) is 101 cm³/mol. The Morgan fingerprint density at radius 1 is 1.44 bits per heavy atom. The monoisotopic (exact) mass is 403 g/mol. The number of methoxy groups -OCH3 is 1. The van der Waals surface area contributed by atoms with E-state index in [1.807, 2.05) is 0 Å². The van der Waals surface area contributed by atoms with Gasteiger partial charge in [-0.25, -0.2) is 8.42 Å². The number of halogens is 1. The van der Waals surface area contributed by atoms with E-state index in [1.54, 1.807) is 25.3 Å². The minimum absolute atomic E-state index is 0.0493. The van der Waals surface area contributed by atoms with E-state index in [4.69, 9.17) is 16.3 Å². The predicted octanol–water partition coefficient (Wildman–Crippen LogP) is 1.40. The maximum atomic E-state index is 12.1. The fourth-order valence-corrected chi connectivity index (χ4v) is 6.50. The highest BCUT2D eigenvalue weighted by molar-refractivity contribution is 8.15. The van der Waals surface area contributed by atoms with E-state index in [9.17, 15) is 13.2 Å². The first-order valence-electron chi connectivity index (χ1n) is 7.66. The third kappa shape index (κ3) is 4.46. The molecule has 136 valence electrons. The number of rotatable bonds is 5. The quantitative estimate of drug-likeness (QED) is 0.721. The molecular weight excluding hydrogens is 386 g/mol. The van der Waals surface area contributed by atoms with Crippen LogP contribution in [-0.2, 0) is 14.6 Å². The molecule has 1 fully saturated rings. The molecular formula is C15H18ClN3O4S2. The summed E-state index contributed by atoms with van der Waals surface area (Å²) in [7, 11) is -1.42. The van der Waals surface area contributed by atoms with Crippen molar-refractivity contribution < 1.29 is 17.9 Å². The zero-order valence-electron chi connectivity index (χ0n) is 13.5. The zero-order valence-corrected chi connectivity index (χ0v) is 15.9. The summed E-state index contributed by atoms with van der Waals surface area (Å²) >= 11 is 7.60. The number of amides is 1. The maximum absolute atomic E-state index is 12.1. The molecule has 10 heteroatoms. The average molecular weight is 404 g/mol. The van der Waals surface area contributed by atoms with E-state index in [0.29, 0.717) is 34.6 Å². The third-order valence-corrected chi connectivity index (χ3v) is 7.35. The van der Waals surface area contributed by atoms with Crippen molar-refractivity contribution in [2.24, 2.45) is 4.99 Å². The van der Waals surface area contributed by atoms with Crippen LogP contribution in [0, 0.1) is 0 Å². The van der Waals surface area contributed by atoms with Gasteiger partial charge >= 0.3 is 0 Å². The Morgan fingerprint density at radius 2 is 2.24 bits per heavy atom. The number of ether oxygens (including phenoxy) is 1. The molecule has 0 bridgehead atoms. The van der Waals surface area contributed by atoms with Gasteiger partial charge in [0.15, 0.2) is 15.0 Å². The number of aliphatic imine (C=N–C) groups is 1. The highest BCUT2D eigenvalue weighted by Crippen LogP contribution is 2.35. The van der Waals surface area contributed by atoms with Crippen molar-refractivity contribution in [1.29, 1.82) is 0 Å². The van der Waals surface area contributed by atoms with Gasteiger partial charge in [0, 0.05) is 24.5 Å². The normalized spacial score (nSPS) is 23.8. The molecule has 0 aliphatic carbocycles. The van der Waals surface area contributed by atoms with Crippen molar-refractivity contribution in [3.63, 3.8) is 0 Å². The van der Waals surface area contributed by atoms with Crippen molar-refractivity contribution >= 4 is 50.0 Å². The van der Waals surface area contributed by atoms with Crippen LogP contribution in [0.4, 0.5) is 5.69 Å². The third-order valence-electron chi connectivity index (χ3n) is 3.88. The molecule has 2 aliphatic rings. The number of amidine groups is 1. The molecule has 0 aromatic heterocycles. The summed E-state index contributed by atoms with van der Waals surface area (Å²) in [6, 6.07) is 4.72. The Hall–Kier alpha value is -1.29. The first-order valence-corrected chi connectivity index (χ1v) is 10.7. The van der Waals surface area contributed by atoms with Crippen LogP contribution in [0.5, 0.6) is 0 Å². The van der Waals surface area contributed by atoms with E-state index >= 15 is 0 Å². The smallest absolute Gasteiger partial charge is 0.251 e. The van der Waals surface area contributed by atoms with Gasteiger partial charge < -0.3 is 15.4 Å². The van der Waals surface area contributed by atoms with Gasteiger partial charge in [-0.05, 0) is 18.2 Å². The maximum Gasteiger partial charge on any atom is 0.251 e. The van der Waals surface area contributed by atoms with Gasteiger partial charge in [0.1, 0.15) is 0 Å². The van der Waals surface area contributed by atoms with Crippen molar-refractivity contribution in [3.05, 3.63) is 28.8 Å². The lowest BCUT2D eigenvalue weighted by Gasteiger charge is -2.11. The molecule has 0 saturated carbocycles. The van der Waals surface area contributed by atoms with E-state index in [-0.39, 0.29) is 28.7 Å². The number of nitrogens with zero attached hydrogens (tertiary/aromatic N) is 1. The van der Waals surface area contributed by atoms with Crippen molar-refractivity contribution in [3.8, 4) is 0 Å². The molecule has 2 heterocycles. The first kappa shape index (κ1) is 18.5. The standard InChI is InChI=1S/C15H18ClN3O4S2/c1-23-5-4-17-14(20)9-2-3-10(16)11(6-9)18-15-19-12-7-25(21,22)8-13(12)24-15/h2-3,6,12-13H,4-5,7-8H2,1H3,(H,17,20)(H,18,19)/t12-,13+/m1/s1. The van der Waals surface area contributed by atoms with Crippen LogP contribution in [0.25, 0.3) is 0 Å². The lowest BCUT2D eigenvalue weighted by Crippen LogP contribution is -2.27. The van der Waals surface area contributed by atoms with Crippen LogP contribution >= 0.6 is 23.4 Å². The van der Waals surface area contributed by atoms with Gasteiger partial charge in [-0.3, -0.25) is 9.79 Å². The number of hydrogen-bond acceptors (Lipinski definition) is 7. The lowest BCUT2D eigenvalue weighted by molar-refractivity contribution is 0.0937. The van der Waals surface area contributed by atoms with Crippen molar-refractivity contribution in [2.45, 2.75) is 11.3 Å². The van der Waals surface area contributed by atoms with Crippen LogP contribution in [0.3, 0.4) is 0 Å². The van der Waals surface area contributed by atoms with Gasteiger partial charge in [-0.1, -0.05) is 23.4 Å². The van der Waals surface area contributed by atoms with Gasteiger partial charge in [0.2, 0.25) is 0 Å². The van der Waals surface area contributed by atoms with E-state index in [0.717, 1.165) is 0 Å². The second kappa shape index (κ2) is 7.53. The molecule has 1 aromatic rings. The Bertz CT molecular complexity index is 813. The molecule has 3 rings (SSSR count). The molecule has 0 unspecified atom stereocenters. The Kier molecular flexibility index (Phi) is 5.57. The van der Waals surface area contributed by atoms with Gasteiger partial charge in [0.05, 0.1) is 34.9 Å². The molecule has 0 spiro atoms. The molecule has 2 atom stereocenters. The van der Waals surface area contributed by atoms with Crippen LogP contribution < -0.4 is 10.6 Å². The number of fused-ring (bicyclic) bond motifs is 1. The fraction of sp³-hybridized carbons (Fsp3) is 0.467. The summed E-state index contributed by atoms with van der Waals surface area (Å²) in [6.45, 7) is 0.852. The summed E-state index contributed by atoms with van der Waals surface area (Å²) in [5, 5.41) is 6.89. The van der Waals surface area contributed by atoms with E-state index < -0.39 is 9.84 Å². The highest BCUT2D eigenvalue weighted by atomic mass is 35.5. The summed E-state index contributed by atoms with van der Waals surface area (Å²) < 4.78 is 28.1. The minimum Gasteiger partial charge on any atom is -0.383 e. The number of carbonyl (C=O) groups is 1. The molecule has 7 nitrogen and oxygen atoms in total. The SMILES string of the molecule is COCCNC(=O)c1ccc(Cl)c(NC2=N[C@@H]3CS(=O)(=O)C[C@@H]3S2)c1. The molecule has 1 saturated heterocycles. The van der Waals surface area contributed by atoms with Crippen molar-refractivity contribution in [1.82, 2.24) is 5.32 Å². The average Bonchev–Trinajstić information content (AvgIpc) is 3.02. The molecule has 1 amide bonds. The minimum atomic E-state index is -2.98. The van der Waals surface area contributed by atoms with Crippen LogP contribution in [0.15, 0.2) is 23.2 Å². The van der Waals surface area contributed by atoms with E-state index in [1.165, 1.54) is 11.8 Å². The number of carbonyl (C=O) groups excluding carboxylic acids is 1. The Labute approximate surface area is 155 Å². The largest absolute Gasteiger partial charge is 0.383 e. The van der Waals surface area contributed by atoms with Gasteiger partial charge in [-0.15, -0.1) is 0 Å². The zero-order chi connectivity index (χ0) is 18.0. The topological polar surface area (TPSA) is 96.9 Å². The molecule has 2 N–H and O–H groups in total. The molecule has 2 aliphatic heterocycles.